The highest BCUT2D eigenvalue weighted by molar-refractivity contribution is 7.99. The summed E-state index contributed by atoms with van der Waals surface area (Å²) in [5.74, 6) is 0.580. The minimum atomic E-state index is -0.450. The quantitative estimate of drug-likeness (QED) is 0.310. The standard InChI is InChI=1S/C21H19Cl2FN4O2S/c1-3-10-28-20(13(2)30-16-7-5-15(24)6-8-16)26-27-21(28)31-12-19(29)25-18-9-4-14(22)11-17(18)23/h3-9,11,13H,1,10,12H2,2H3,(H,25,29). The lowest BCUT2D eigenvalue weighted by Crippen LogP contribution is -2.15. The van der Waals surface area contributed by atoms with Crippen molar-refractivity contribution < 1.29 is 13.9 Å². The van der Waals surface area contributed by atoms with Crippen LogP contribution in [0.5, 0.6) is 5.75 Å². The monoisotopic (exact) mass is 480 g/mol. The Balaban J connectivity index is 1.67. The Morgan fingerprint density at radius 1 is 1.29 bits per heavy atom. The van der Waals surface area contributed by atoms with Gasteiger partial charge in [0.25, 0.3) is 0 Å². The van der Waals surface area contributed by atoms with E-state index in [9.17, 15) is 9.18 Å². The van der Waals surface area contributed by atoms with E-state index in [-0.39, 0.29) is 17.5 Å². The van der Waals surface area contributed by atoms with Gasteiger partial charge in [-0.2, -0.15) is 0 Å². The number of ether oxygens (including phenoxy) is 1. The maximum absolute atomic E-state index is 13.1. The van der Waals surface area contributed by atoms with Crippen LogP contribution in [0.4, 0.5) is 10.1 Å². The first kappa shape index (κ1) is 23.1. The molecule has 1 unspecified atom stereocenters. The lowest BCUT2D eigenvalue weighted by Gasteiger charge is -2.15. The van der Waals surface area contributed by atoms with Crippen LogP contribution in [0.1, 0.15) is 18.9 Å². The molecule has 0 fully saturated rings. The fourth-order valence-electron chi connectivity index (χ4n) is 2.69. The van der Waals surface area contributed by atoms with Crippen LogP contribution in [0.25, 0.3) is 0 Å². The summed E-state index contributed by atoms with van der Waals surface area (Å²) >= 11 is 13.2. The van der Waals surface area contributed by atoms with Crippen molar-refractivity contribution in [3.8, 4) is 5.75 Å². The molecule has 31 heavy (non-hydrogen) atoms. The van der Waals surface area contributed by atoms with E-state index < -0.39 is 6.10 Å². The number of allylic oxidation sites excluding steroid dienone is 1. The average Bonchev–Trinajstić information content (AvgIpc) is 3.13. The van der Waals surface area contributed by atoms with Crippen molar-refractivity contribution in [3.05, 3.63) is 76.8 Å². The van der Waals surface area contributed by atoms with E-state index in [2.05, 4.69) is 22.1 Å². The summed E-state index contributed by atoms with van der Waals surface area (Å²) in [5, 5.41) is 12.5. The molecule has 0 spiro atoms. The van der Waals surface area contributed by atoms with Crippen LogP contribution in [0.15, 0.2) is 60.3 Å². The molecule has 162 valence electrons. The molecule has 0 bridgehead atoms. The molecule has 0 aliphatic heterocycles. The van der Waals surface area contributed by atoms with E-state index in [1.807, 2.05) is 11.5 Å². The number of nitrogens with zero attached hydrogens (tertiary/aromatic N) is 3. The van der Waals surface area contributed by atoms with Crippen molar-refractivity contribution in [1.29, 1.82) is 0 Å². The molecule has 6 nitrogen and oxygen atoms in total. The number of benzene rings is 2. The van der Waals surface area contributed by atoms with E-state index in [1.54, 1.807) is 36.4 Å². The Kier molecular flexibility index (Phi) is 7.95. The van der Waals surface area contributed by atoms with Gasteiger partial charge in [0.1, 0.15) is 11.6 Å². The van der Waals surface area contributed by atoms with Crippen LogP contribution < -0.4 is 10.1 Å². The Morgan fingerprint density at radius 2 is 2.03 bits per heavy atom. The van der Waals surface area contributed by atoms with Gasteiger partial charge in [-0.1, -0.05) is 41.0 Å². The number of carbonyl (C=O) groups excluding carboxylic acids is 1. The predicted molar refractivity (Wildman–Crippen MR) is 121 cm³/mol. The SMILES string of the molecule is C=CCn1c(SCC(=O)Nc2ccc(Cl)cc2Cl)nnc1C(C)Oc1ccc(F)cc1. The topological polar surface area (TPSA) is 69.0 Å². The maximum Gasteiger partial charge on any atom is 0.234 e. The van der Waals surface area contributed by atoms with Crippen LogP contribution in [0.3, 0.4) is 0 Å². The first-order chi connectivity index (χ1) is 14.9. The number of anilines is 1. The van der Waals surface area contributed by atoms with Gasteiger partial charge < -0.3 is 10.1 Å². The van der Waals surface area contributed by atoms with E-state index in [0.717, 1.165) is 0 Å². The Hall–Kier alpha value is -2.55. The third-order valence-corrected chi connectivity index (χ3v) is 5.60. The van der Waals surface area contributed by atoms with E-state index in [0.29, 0.717) is 39.0 Å². The largest absolute Gasteiger partial charge is 0.483 e. The van der Waals surface area contributed by atoms with Crippen molar-refractivity contribution in [2.75, 3.05) is 11.1 Å². The zero-order chi connectivity index (χ0) is 22.4. The van der Waals surface area contributed by atoms with Crippen LogP contribution >= 0.6 is 35.0 Å². The van der Waals surface area contributed by atoms with Crippen molar-refractivity contribution in [2.45, 2.75) is 24.7 Å². The van der Waals surface area contributed by atoms with Gasteiger partial charge in [-0.05, 0) is 49.4 Å². The Morgan fingerprint density at radius 3 is 2.71 bits per heavy atom. The van der Waals surface area contributed by atoms with Crippen molar-refractivity contribution in [2.24, 2.45) is 0 Å². The number of carbonyl (C=O) groups is 1. The van der Waals surface area contributed by atoms with Crippen LogP contribution in [-0.4, -0.2) is 26.4 Å². The van der Waals surface area contributed by atoms with Gasteiger partial charge in [-0.25, -0.2) is 4.39 Å². The zero-order valence-electron chi connectivity index (χ0n) is 16.5. The van der Waals surface area contributed by atoms with Gasteiger partial charge >= 0.3 is 0 Å². The first-order valence-electron chi connectivity index (χ1n) is 9.21. The second-order valence-electron chi connectivity index (χ2n) is 6.42. The number of aromatic nitrogens is 3. The summed E-state index contributed by atoms with van der Waals surface area (Å²) in [6.07, 6.45) is 1.25. The second kappa shape index (κ2) is 10.7. The summed E-state index contributed by atoms with van der Waals surface area (Å²) < 4.78 is 20.8. The number of halogens is 3. The molecule has 2 aromatic carbocycles. The highest BCUT2D eigenvalue weighted by Crippen LogP contribution is 2.27. The molecule has 0 saturated carbocycles. The smallest absolute Gasteiger partial charge is 0.234 e. The fraction of sp³-hybridized carbons (Fsp3) is 0.190. The van der Waals surface area contributed by atoms with Crippen LogP contribution in [-0.2, 0) is 11.3 Å². The number of hydrogen-bond donors (Lipinski definition) is 1. The fourth-order valence-corrected chi connectivity index (χ4v) is 3.90. The van der Waals surface area contributed by atoms with Crippen LogP contribution in [0.2, 0.25) is 10.0 Å². The predicted octanol–water partition coefficient (Wildman–Crippen LogP) is 5.78. The maximum atomic E-state index is 13.1. The highest BCUT2D eigenvalue weighted by atomic mass is 35.5. The lowest BCUT2D eigenvalue weighted by atomic mass is 10.3. The van der Waals surface area contributed by atoms with Crippen molar-refractivity contribution in [3.63, 3.8) is 0 Å². The molecule has 1 atom stereocenters. The molecule has 1 heterocycles. The first-order valence-corrected chi connectivity index (χ1v) is 11.0. The minimum absolute atomic E-state index is 0.0986. The molecule has 0 saturated heterocycles. The molecule has 0 aliphatic rings. The summed E-state index contributed by atoms with van der Waals surface area (Å²) in [7, 11) is 0. The molecule has 0 aliphatic carbocycles. The number of rotatable bonds is 9. The molecule has 0 radical (unpaired) electrons. The molecular formula is C21H19Cl2FN4O2S. The summed E-state index contributed by atoms with van der Waals surface area (Å²) in [6.45, 7) is 6.02. The summed E-state index contributed by atoms with van der Waals surface area (Å²) in [6, 6.07) is 10.6. The summed E-state index contributed by atoms with van der Waals surface area (Å²) in [4.78, 5) is 12.3. The number of nitrogens with one attached hydrogen (secondary N) is 1. The third-order valence-electron chi connectivity index (χ3n) is 4.08. The van der Waals surface area contributed by atoms with Crippen molar-refractivity contribution >= 4 is 46.6 Å². The molecule has 3 aromatic rings. The second-order valence-corrected chi connectivity index (χ2v) is 8.20. The third kappa shape index (κ3) is 6.22. The number of hydrogen-bond acceptors (Lipinski definition) is 5. The average molecular weight is 481 g/mol. The van der Waals surface area contributed by atoms with Crippen molar-refractivity contribution in [1.82, 2.24) is 14.8 Å². The molecular weight excluding hydrogens is 462 g/mol. The minimum Gasteiger partial charge on any atom is -0.483 e. The van der Waals surface area contributed by atoms with E-state index in [4.69, 9.17) is 27.9 Å². The van der Waals surface area contributed by atoms with Gasteiger partial charge in [0, 0.05) is 11.6 Å². The van der Waals surface area contributed by atoms with E-state index in [1.165, 1.54) is 23.9 Å². The number of amides is 1. The van der Waals surface area contributed by atoms with Gasteiger partial charge in [0.05, 0.1) is 16.5 Å². The van der Waals surface area contributed by atoms with E-state index >= 15 is 0 Å². The molecule has 10 heteroatoms. The van der Waals surface area contributed by atoms with Gasteiger partial charge in [0.15, 0.2) is 17.1 Å². The molecule has 3 rings (SSSR count). The van der Waals surface area contributed by atoms with Gasteiger partial charge in [-0.15, -0.1) is 16.8 Å². The van der Waals surface area contributed by atoms with Gasteiger partial charge in [-0.3, -0.25) is 9.36 Å². The molecule has 1 aromatic heterocycles. The zero-order valence-corrected chi connectivity index (χ0v) is 18.8. The van der Waals surface area contributed by atoms with Crippen LogP contribution in [0, 0.1) is 5.82 Å². The Labute approximate surface area is 193 Å². The molecule has 1 N–H and O–H groups in total. The number of thioether (sulfide) groups is 1. The normalized spacial score (nSPS) is 11.7. The highest BCUT2D eigenvalue weighted by Gasteiger charge is 2.20. The molecule has 1 amide bonds. The Bertz CT molecular complexity index is 1080. The lowest BCUT2D eigenvalue weighted by molar-refractivity contribution is -0.113. The van der Waals surface area contributed by atoms with Gasteiger partial charge in [0.2, 0.25) is 5.91 Å². The summed E-state index contributed by atoms with van der Waals surface area (Å²) in [5.41, 5.74) is 0.478.